The van der Waals surface area contributed by atoms with Gasteiger partial charge in [0.2, 0.25) is 5.82 Å². The van der Waals surface area contributed by atoms with Crippen LogP contribution in [0.25, 0.3) is 0 Å². The third-order valence-electron chi connectivity index (χ3n) is 2.21. The molecule has 1 atom stereocenters. The molecular formula is C10H11FN2O4. The van der Waals surface area contributed by atoms with E-state index < -0.39 is 28.4 Å². The summed E-state index contributed by atoms with van der Waals surface area (Å²) in [4.78, 5) is 20.6. The highest BCUT2D eigenvalue weighted by Crippen LogP contribution is 2.23. The standard InChI is InChI=1S/C10H11FN2O4/c1-17-10(14)5-8(12)6-2-3-7(11)9(4-6)13(15)16/h2-4,8H,5,12H2,1H3/t8-/m0/s1. The second-order valence-electron chi connectivity index (χ2n) is 3.35. The van der Waals surface area contributed by atoms with Gasteiger partial charge in [-0.1, -0.05) is 6.07 Å². The van der Waals surface area contributed by atoms with Crippen LogP contribution in [-0.2, 0) is 9.53 Å². The molecule has 1 rings (SSSR count). The Hall–Kier alpha value is -2.02. The SMILES string of the molecule is COC(=O)C[C@H](N)c1ccc(F)c([N+](=O)[O-])c1. The fourth-order valence-electron chi connectivity index (χ4n) is 1.28. The van der Waals surface area contributed by atoms with Gasteiger partial charge in [-0.15, -0.1) is 0 Å². The monoisotopic (exact) mass is 242 g/mol. The highest BCUT2D eigenvalue weighted by molar-refractivity contribution is 5.70. The zero-order valence-corrected chi connectivity index (χ0v) is 9.05. The molecule has 7 heteroatoms. The zero-order valence-electron chi connectivity index (χ0n) is 9.05. The summed E-state index contributed by atoms with van der Waals surface area (Å²) < 4.78 is 17.5. The number of hydrogen-bond acceptors (Lipinski definition) is 5. The fraction of sp³-hybridized carbons (Fsp3) is 0.300. The Kier molecular flexibility index (Phi) is 4.11. The molecule has 0 amide bonds. The first-order valence-corrected chi connectivity index (χ1v) is 4.72. The first kappa shape index (κ1) is 13.0. The highest BCUT2D eigenvalue weighted by atomic mass is 19.1. The van der Waals surface area contributed by atoms with Crippen molar-refractivity contribution in [2.75, 3.05) is 7.11 Å². The largest absolute Gasteiger partial charge is 0.469 e. The van der Waals surface area contributed by atoms with Crippen LogP contribution in [0.15, 0.2) is 18.2 Å². The van der Waals surface area contributed by atoms with Crippen LogP contribution in [0.2, 0.25) is 0 Å². The molecule has 0 aliphatic rings. The summed E-state index contributed by atoms with van der Waals surface area (Å²) >= 11 is 0. The molecule has 0 heterocycles. The number of halogens is 1. The van der Waals surface area contributed by atoms with Crippen molar-refractivity contribution in [2.45, 2.75) is 12.5 Å². The summed E-state index contributed by atoms with van der Waals surface area (Å²) in [6.45, 7) is 0. The number of nitro benzene ring substituents is 1. The van der Waals surface area contributed by atoms with Crippen molar-refractivity contribution >= 4 is 11.7 Å². The van der Waals surface area contributed by atoms with Gasteiger partial charge < -0.3 is 10.5 Å². The number of ether oxygens (including phenoxy) is 1. The van der Waals surface area contributed by atoms with Crippen LogP contribution in [0.3, 0.4) is 0 Å². The van der Waals surface area contributed by atoms with E-state index in [1.54, 1.807) is 0 Å². The number of nitrogens with zero attached hydrogens (tertiary/aromatic N) is 1. The first-order valence-electron chi connectivity index (χ1n) is 4.72. The van der Waals surface area contributed by atoms with E-state index in [1.807, 2.05) is 0 Å². The van der Waals surface area contributed by atoms with Gasteiger partial charge in [0.15, 0.2) is 0 Å². The predicted molar refractivity (Wildman–Crippen MR) is 56.6 cm³/mol. The Morgan fingerprint density at radius 1 is 1.65 bits per heavy atom. The van der Waals surface area contributed by atoms with Crippen molar-refractivity contribution in [2.24, 2.45) is 5.73 Å². The Bertz CT molecular complexity index is 450. The van der Waals surface area contributed by atoms with Crippen LogP contribution in [0.5, 0.6) is 0 Å². The van der Waals surface area contributed by atoms with Gasteiger partial charge in [-0.2, -0.15) is 4.39 Å². The van der Waals surface area contributed by atoms with Crippen LogP contribution in [0.4, 0.5) is 10.1 Å². The second kappa shape index (κ2) is 5.35. The number of rotatable bonds is 4. The highest BCUT2D eigenvalue weighted by Gasteiger charge is 2.18. The van der Waals surface area contributed by atoms with E-state index in [9.17, 15) is 19.3 Å². The van der Waals surface area contributed by atoms with Gasteiger partial charge >= 0.3 is 11.7 Å². The maximum atomic E-state index is 13.0. The summed E-state index contributed by atoms with van der Waals surface area (Å²) in [5, 5.41) is 10.5. The van der Waals surface area contributed by atoms with Crippen molar-refractivity contribution in [3.63, 3.8) is 0 Å². The molecule has 0 bridgehead atoms. The van der Waals surface area contributed by atoms with E-state index in [0.29, 0.717) is 5.56 Å². The molecule has 0 fully saturated rings. The summed E-state index contributed by atoms with van der Waals surface area (Å²) in [7, 11) is 1.21. The minimum Gasteiger partial charge on any atom is -0.469 e. The second-order valence-corrected chi connectivity index (χ2v) is 3.35. The van der Waals surface area contributed by atoms with Gasteiger partial charge in [0.1, 0.15) is 0 Å². The molecule has 0 saturated heterocycles. The summed E-state index contributed by atoms with van der Waals surface area (Å²) in [6, 6.07) is 2.51. The van der Waals surface area contributed by atoms with E-state index in [-0.39, 0.29) is 6.42 Å². The van der Waals surface area contributed by atoms with Gasteiger partial charge in [0.25, 0.3) is 0 Å². The molecule has 0 saturated carbocycles. The van der Waals surface area contributed by atoms with Crippen LogP contribution in [-0.4, -0.2) is 18.0 Å². The Morgan fingerprint density at radius 2 is 2.29 bits per heavy atom. The lowest BCUT2D eigenvalue weighted by molar-refractivity contribution is -0.387. The van der Waals surface area contributed by atoms with E-state index in [2.05, 4.69) is 4.74 Å². The van der Waals surface area contributed by atoms with E-state index in [1.165, 1.54) is 13.2 Å². The van der Waals surface area contributed by atoms with Crippen molar-refractivity contribution in [1.29, 1.82) is 0 Å². The molecule has 0 unspecified atom stereocenters. The molecule has 2 N–H and O–H groups in total. The number of nitro groups is 1. The summed E-state index contributed by atoms with van der Waals surface area (Å²) in [6.07, 6.45) is -0.126. The molecule has 92 valence electrons. The molecular weight excluding hydrogens is 231 g/mol. The molecule has 0 aromatic heterocycles. The summed E-state index contributed by atoms with van der Waals surface area (Å²) in [5.74, 6) is -1.48. The minimum atomic E-state index is -0.941. The van der Waals surface area contributed by atoms with E-state index >= 15 is 0 Å². The Morgan fingerprint density at radius 3 is 2.82 bits per heavy atom. The number of esters is 1. The molecule has 6 nitrogen and oxygen atoms in total. The molecule has 0 spiro atoms. The molecule has 1 aromatic carbocycles. The Balaban J connectivity index is 2.95. The number of hydrogen-bond donors (Lipinski definition) is 1. The lowest BCUT2D eigenvalue weighted by Crippen LogP contribution is -2.16. The number of carbonyl (C=O) groups is 1. The topological polar surface area (TPSA) is 95.5 Å². The summed E-state index contributed by atoms with van der Waals surface area (Å²) in [5.41, 5.74) is 5.29. The average molecular weight is 242 g/mol. The van der Waals surface area contributed by atoms with Crippen LogP contribution in [0, 0.1) is 15.9 Å². The smallest absolute Gasteiger partial charge is 0.307 e. The predicted octanol–water partition coefficient (Wildman–Crippen LogP) is 1.30. The van der Waals surface area contributed by atoms with Gasteiger partial charge in [0, 0.05) is 12.1 Å². The lowest BCUT2D eigenvalue weighted by Gasteiger charge is -2.10. The molecule has 0 aliphatic carbocycles. The van der Waals surface area contributed by atoms with Crippen LogP contribution >= 0.6 is 0 Å². The number of benzene rings is 1. The maximum absolute atomic E-state index is 13.0. The quantitative estimate of drug-likeness (QED) is 0.487. The van der Waals surface area contributed by atoms with E-state index in [0.717, 1.165) is 12.1 Å². The first-order chi connectivity index (χ1) is 7.95. The molecule has 1 aromatic rings. The number of nitrogens with two attached hydrogens (primary N) is 1. The minimum absolute atomic E-state index is 0.126. The maximum Gasteiger partial charge on any atom is 0.307 e. The number of carbonyl (C=O) groups excluding carboxylic acids is 1. The van der Waals surface area contributed by atoms with Gasteiger partial charge in [-0.25, -0.2) is 0 Å². The van der Waals surface area contributed by atoms with Gasteiger partial charge in [-0.3, -0.25) is 14.9 Å². The molecule has 0 aliphatic heterocycles. The zero-order chi connectivity index (χ0) is 13.0. The van der Waals surface area contributed by atoms with Gasteiger partial charge in [-0.05, 0) is 11.6 Å². The third kappa shape index (κ3) is 3.22. The van der Waals surface area contributed by atoms with Crippen LogP contribution < -0.4 is 5.73 Å². The average Bonchev–Trinajstić information content (AvgIpc) is 2.28. The molecule has 17 heavy (non-hydrogen) atoms. The molecule has 0 radical (unpaired) electrons. The lowest BCUT2D eigenvalue weighted by atomic mass is 10.0. The van der Waals surface area contributed by atoms with Crippen LogP contribution in [0.1, 0.15) is 18.0 Å². The van der Waals surface area contributed by atoms with Crippen molar-refractivity contribution in [3.8, 4) is 0 Å². The van der Waals surface area contributed by atoms with Gasteiger partial charge in [0.05, 0.1) is 18.5 Å². The van der Waals surface area contributed by atoms with Crippen molar-refractivity contribution in [1.82, 2.24) is 0 Å². The van der Waals surface area contributed by atoms with E-state index in [4.69, 9.17) is 5.73 Å². The normalized spacial score (nSPS) is 11.9. The fourth-order valence-corrected chi connectivity index (χ4v) is 1.28. The third-order valence-corrected chi connectivity index (χ3v) is 2.21. The van der Waals surface area contributed by atoms with Crippen molar-refractivity contribution in [3.05, 3.63) is 39.7 Å². The van der Waals surface area contributed by atoms with Crippen molar-refractivity contribution < 1.29 is 18.8 Å². The number of methoxy groups -OCH3 is 1. The Labute approximate surface area is 96.3 Å².